The standard InChI is InChI=1S/C14H16ClN3OS/c1-9(6-10-4-3-5-20-10)18(2)14(19)11-7-13(15)17-8-12(11)16/h3-5,7-9H,6,16H2,1-2H3. The molecule has 0 saturated heterocycles. The summed E-state index contributed by atoms with van der Waals surface area (Å²) in [7, 11) is 1.77. The molecule has 2 heterocycles. The zero-order valence-corrected chi connectivity index (χ0v) is 12.9. The minimum Gasteiger partial charge on any atom is -0.397 e. The highest BCUT2D eigenvalue weighted by Crippen LogP contribution is 2.19. The van der Waals surface area contributed by atoms with Crippen LogP contribution in [0.1, 0.15) is 22.2 Å². The Kier molecular flexibility index (Phi) is 4.62. The first kappa shape index (κ1) is 14.8. The molecular weight excluding hydrogens is 294 g/mol. The second-order valence-corrected chi connectivity index (χ2v) is 6.06. The normalized spacial score (nSPS) is 12.2. The Bertz CT molecular complexity index is 600. The maximum Gasteiger partial charge on any atom is 0.256 e. The van der Waals surface area contributed by atoms with Gasteiger partial charge in [0.2, 0.25) is 0 Å². The van der Waals surface area contributed by atoms with Gasteiger partial charge in [0, 0.05) is 24.4 Å². The molecule has 106 valence electrons. The number of aromatic nitrogens is 1. The quantitative estimate of drug-likeness (QED) is 0.883. The number of nitrogens with zero attached hydrogens (tertiary/aromatic N) is 2. The van der Waals surface area contributed by atoms with Crippen LogP contribution in [0.15, 0.2) is 29.8 Å². The van der Waals surface area contributed by atoms with E-state index in [4.69, 9.17) is 17.3 Å². The number of nitrogen functional groups attached to an aromatic ring is 1. The zero-order valence-electron chi connectivity index (χ0n) is 11.3. The fourth-order valence-corrected chi connectivity index (χ4v) is 2.86. The number of hydrogen-bond acceptors (Lipinski definition) is 4. The van der Waals surface area contributed by atoms with E-state index in [1.54, 1.807) is 23.3 Å². The second-order valence-electron chi connectivity index (χ2n) is 4.64. The Morgan fingerprint density at radius 2 is 2.35 bits per heavy atom. The van der Waals surface area contributed by atoms with E-state index >= 15 is 0 Å². The first-order valence-electron chi connectivity index (χ1n) is 6.19. The van der Waals surface area contributed by atoms with Gasteiger partial charge in [-0.2, -0.15) is 0 Å². The molecule has 0 fully saturated rings. The molecule has 2 rings (SSSR count). The van der Waals surface area contributed by atoms with Crippen molar-refractivity contribution in [3.05, 3.63) is 45.4 Å². The average molecular weight is 310 g/mol. The van der Waals surface area contributed by atoms with E-state index in [1.807, 2.05) is 18.4 Å². The van der Waals surface area contributed by atoms with Crippen LogP contribution in [-0.2, 0) is 6.42 Å². The van der Waals surface area contributed by atoms with Gasteiger partial charge in [-0.05, 0) is 24.4 Å². The summed E-state index contributed by atoms with van der Waals surface area (Å²) >= 11 is 7.51. The lowest BCUT2D eigenvalue weighted by atomic mass is 10.1. The summed E-state index contributed by atoms with van der Waals surface area (Å²) < 4.78 is 0. The third kappa shape index (κ3) is 3.29. The molecule has 0 bridgehead atoms. The smallest absolute Gasteiger partial charge is 0.256 e. The molecule has 2 aromatic heterocycles. The summed E-state index contributed by atoms with van der Waals surface area (Å²) in [6, 6.07) is 5.66. The number of hydrogen-bond donors (Lipinski definition) is 1. The van der Waals surface area contributed by atoms with Gasteiger partial charge in [-0.15, -0.1) is 11.3 Å². The van der Waals surface area contributed by atoms with Crippen molar-refractivity contribution in [2.45, 2.75) is 19.4 Å². The third-order valence-corrected chi connectivity index (χ3v) is 4.30. The molecule has 2 aromatic rings. The van der Waals surface area contributed by atoms with E-state index in [9.17, 15) is 4.79 Å². The van der Waals surface area contributed by atoms with Crippen LogP contribution in [0.5, 0.6) is 0 Å². The van der Waals surface area contributed by atoms with Crippen molar-refractivity contribution in [3.8, 4) is 0 Å². The van der Waals surface area contributed by atoms with Crippen LogP contribution in [0.2, 0.25) is 5.15 Å². The fraction of sp³-hybridized carbons (Fsp3) is 0.286. The molecule has 1 unspecified atom stereocenters. The summed E-state index contributed by atoms with van der Waals surface area (Å²) in [6.07, 6.45) is 2.23. The van der Waals surface area contributed by atoms with Crippen molar-refractivity contribution in [2.24, 2.45) is 0 Å². The number of nitrogens with two attached hydrogens (primary N) is 1. The number of thiophene rings is 1. The third-order valence-electron chi connectivity index (χ3n) is 3.19. The van der Waals surface area contributed by atoms with Crippen LogP contribution in [-0.4, -0.2) is 28.9 Å². The van der Waals surface area contributed by atoms with E-state index in [1.165, 1.54) is 17.1 Å². The molecule has 6 heteroatoms. The number of halogens is 1. The first-order valence-corrected chi connectivity index (χ1v) is 7.45. The number of carbonyl (C=O) groups is 1. The monoisotopic (exact) mass is 309 g/mol. The van der Waals surface area contributed by atoms with Gasteiger partial charge in [-0.3, -0.25) is 4.79 Å². The van der Waals surface area contributed by atoms with E-state index in [0.717, 1.165) is 6.42 Å². The summed E-state index contributed by atoms with van der Waals surface area (Å²) in [4.78, 5) is 19.2. The van der Waals surface area contributed by atoms with Crippen LogP contribution in [0.25, 0.3) is 0 Å². The van der Waals surface area contributed by atoms with E-state index in [-0.39, 0.29) is 17.1 Å². The molecule has 4 nitrogen and oxygen atoms in total. The molecule has 0 radical (unpaired) electrons. The highest BCUT2D eigenvalue weighted by Gasteiger charge is 2.20. The molecule has 0 aliphatic rings. The highest BCUT2D eigenvalue weighted by molar-refractivity contribution is 7.09. The Morgan fingerprint density at radius 3 is 3.00 bits per heavy atom. The Balaban J connectivity index is 2.13. The molecule has 1 amide bonds. The van der Waals surface area contributed by atoms with Crippen molar-refractivity contribution in [3.63, 3.8) is 0 Å². The summed E-state index contributed by atoms with van der Waals surface area (Å²) in [5.74, 6) is -0.143. The van der Waals surface area contributed by atoms with Crippen LogP contribution >= 0.6 is 22.9 Å². The van der Waals surface area contributed by atoms with E-state index in [0.29, 0.717) is 11.3 Å². The number of carbonyl (C=O) groups excluding carboxylic acids is 1. The van der Waals surface area contributed by atoms with Crippen molar-refractivity contribution < 1.29 is 4.79 Å². The molecule has 20 heavy (non-hydrogen) atoms. The second kappa shape index (κ2) is 6.24. The minimum atomic E-state index is -0.143. The van der Waals surface area contributed by atoms with Crippen LogP contribution in [0.4, 0.5) is 5.69 Å². The lowest BCUT2D eigenvalue weighted by molar-refractivity contribution is 0.0745. The first-order chi connectivity index (χ1) is 9.49. The van der Waals surface area contributed by atoms with Gasteiger partial charge >= 0.3 is 0 Å². The van der Waals surface area contributed by atoms with Crippen molar-refractivity contribution in [1.29, 1.82) is 0 Å². The van der Waals surface area contributed by atoms with Gasteiger partial charge in [-0.1, -0.05) is 17.7 Å². The lowest BCUT2D eigenvalue weighted by Gasteiger charge is -2.25. The Labute approximate surface area is 127 Å². The fourth-order valence-electron chi connectivity index (χ4n) is 1.87. The molecule has 0 aromatic carbocycles. The molecule has 0 aliphatic carbocycles. The van der Waals surface area contributed by atoms with Gasteiger partial charge in [0.15, 0.2) is 0 Å². The van der Waals surface area contributed by atoms with Crippen molar-refractivity contribution >= 4 is 34.5 Å². The largest absolute Gasteiger partial charge is 0.397 e. The van der Waals surface area contributed by atoms with Gasteiger partial charge in [0.05, 0.1) is 17.4 Å². The van der Waals surface area contributed by atoms with E-state index < -0.39 is 0 Å². The average Bonchev–Trinajstić information content (AvgIpc) is 2.92. The number of rotatable bonds is 4. The predicted molar refractivity (Wildman–Crippen MR) is 83.2 cm³/mol. The molecule has 0 saturated carbocycles. The van der Waals surface area contributed by atoms with Gasteiger partial charge in [0.1, 0.15) is 5.15 Å². The van der Waals surface area contributed by atoms with E-state index in [2.05, 4.69) is 11.1 Å². The van der Waals surface area contributed by atoms with Gasteiger partial charge in [0.25, 0.3) is 5.91 Å². The Morgan fingerprint density at radius 1 is 1.60 bits per heavy atom. The highest BCUT2D eigenvalue weighted by atomic mass is 35.5. The van der Waals surface area contributed by atoms with Crippen molar-refractivity contribution in [1.82, 2.24) is 9.88 Å². The molecular formula is C14H16ClN3OS. The minimum absolute atomic E-state index is 0.0764. The molecule has 1 atom stereocenters. The lowest BCUT2D eigenvalue weighted by Crippen LogP contribution is -2.36. The SMILES string of the molecule is CC(Cc1cccs1)N(C)C(=O)c1cc(Cl)ncc1N. The zero-order chi connectivity index (χ0) is 14.7. The van der Waals surface area contributed by atoms with Crippen LogP contribution in [0.3, 0.4) is 0 Å². The number of anilines is 1. The Hall–Kier alpha value is -1.59. The topological polar surface area (TPSA) is 59.2 Å². The van der Waals surface area contributed by atoms with Crippen LogP contribution < -0.4 is 5.73 Å². The summed E-state index contributed by atoms with van der Waals surface area (Å²) in [5, 5.41) is 2.30. The van der Waals surface area contributed by atoms with Crippen molar-refractivity contribution in [2.75, 3.05) is 12.8 Å². The maximum absolute atomic E-state index is 12.5. The molecule has 0 spiro atoms. The number of likely N-dealkylation sites (N-methyl/N-ethyl adjacent to an activating group) is 1. The number of amides is 1. The number of pyridine rings is 1. The molecule has 2 N–H and O–H groups in total. The predicted octanol–water partition coefficient (Wildman–Crippen LogP) is 3.08. The summed E-state index contributed by atoms with van der Waals surface area (Å²) in [5.41, 5.74) is 6.53. The molecule has 0 aliphatic heterocycles. The van der Waals surface area contributed by atoms with Crippen LogP contribution in [0, 0.1) is 0 Å². The van der Waals surface area contributed by atoms with Gasteiger partial charge in [-0.25, -0.2) is 4.98 Å². The summed E-state index contributed by atoms with van der Waals surface area (Å²) in [6.45, 7) is 2.01. The maximum atomic E-state index is 12.5. The van der Waals surface area contributed by atoms with Gasteiger partial charge < -0.3 is 10.6 Å².